The van der Waals surface area contributed by atoms with Gasteiger partial charge in [-0.1, -0.05) is 24.3 Å². The van der Waals surface area contributed by atoms with Crippen LogP contribution in [-0.2, 0) is 0 Å². The summed E-state index contributed by atoms with van der Waals surface area (Å²) in [5.74, 6) is 0. The van der Waals surface area contributed by atoms with Crippen molar-refractivity contribution in [2.24, 2.45) is 0 Å². The van der Waals surface area contributed by atoms with Crippen molar-refractivity contribution in [3.63, 3.8) is 0 Å². The normalized spacial score (nSPS) is 29.2. The van der Waals surface area contributed by atoms with Crippen LogP contribution in [-0.4, -0.2) is 30.1 Å². The molecule has 104 valence electrons. The van der Waals surface area contributed by atoms with Gasteiger partial charge in [0, 0.05) is 18.1 Å². The summed E-state index contributed by atoms with van der Waals surface area (Å²) in [7, 11) is 0. The Labute approximate surface area is 117 Å². The molecule has 3 rings (SSSR count). The summed E-state index contributed by atoms with van der Waals surface area (Å²) in [5.41, 5.74) is 2.86. The van der Waals surface area contributed by atoms with Crippen LogP contribution in [0.5, 0.6) is 0 Å². The molecule has 1 N–H and O–H groups in total. The van der Waals surface area contributed by atoms with Crippen LogP contribution in [0.1, 0.15) is 49.8 Å². The van der Waals surface area contributed by atoms with Crippen molar-refractivity contribution in [2.75, 3.05) is 13.1 Å². The third-order valence-electron chi connectivity index (χ3n) is 4.96. The molecule has 0 amide bonds. The SMILES string of the molecule is Cc1ccccc1C(C)NC1CCN2CCCC2C1. The van der Waals surface area contributed by atoms with Crippen LogP contribution in [0.3, 0.4) is 0 Å². The first kappa shape index (κ1) is 13.1. The molecule has 0 aromatic heterocycles. The van der Waals surface area contributed by atoms with Crippen molar-refractivity contribution >= 4 is 0 Å². The highest BCUT2D eigenvalue weighted by Crippen LogP contribution is 2.28. The summed E-state index contributed by atoms with van der Waals surface area (Å²) < 4.78 is 0. The van der Waals surface area contributed by atoms with Gasteiger partial charge in [0.15, 0.2) is 0 Å². The third-order valence-corrected chi connectivity index (χ3v) is 4.96. The molecule has 2 heterocycles. The van der Waals surface area contributed by atoms with Gasteiger partial charge in [0.25, 0.3) is 0 Å². The van der Waals surface area contributed by atoms with Crippen LogP contribution < -0.4 is 5.32 Å². The standard InChI is InChI=1S/C17H26N2/c1-13-6-3-4-8-17(13)14(2)18-15-9-11-19-10-5-7-16(19)12-15/h3-4,6,8,14-16,18H,5,7,9-12H2,1-2H3. The number of nitrogens with one attached hydrogen (secondary N) is 1. The first-order valence-electron chi connectivity index (χ1n) is 7.79. The van der Waals surface area contributed by atoms with Gasteiger partial charge in [0.2, 0.25) is 0 Å². The number of hydrogen-bond acceptors (Lipinski definition) is 2. The molecule has 19 heavy (non-hydrogen) atoms. The first-order valence-corrected chi connectivity index (χ1v) is 7.79. The van der Waals surface area contributed by atoms with Crippen LogP contribution in [0.25, 0.3) is 0 Å². The lowest BCUT2D eigenvalue weighted by molar-refractivity contribution is 0.162. The number of piperidine rings is 1. The Morgan fingerprint density at radius 2 is 2.05 bits per heavy atom. The molecule has 0 saturated carbocycles. The average molecular weight is 258 g/mol. The highest BCUT2D eigenvalue weighted by Gasteiger charge is 2.32. The van der Waals surface area contributed by atoms with E-state index in [1.165, 1.54) is 49.9 Å². The maximum Gasteiger partial charge on any atom is 0.0296 e. The lowest BCUT2D eigenvalue weighted by Gasteiger charge is -2.36. The molecule has 2 aliphatic rings. The number of benzene rings is 1. The molecule has 2 heteroatoms. The quantitative estimate of drug-likeness (QED) is 0.895. The maximum atomic E-state index is 3.86. The zero-order chi connectivity index (χ0) is 13.2. The molecule has 3 atom stereocenters. The lowest BCUT2D eigenvalue weighted by atomic mass is 9.95. The van der Waals surface area contributed by atoms with Gasteiger partial charge in [-0.25, -0.2) is 0 Å². The maximum absolute atomic E-state index is 3.86. The van der Waals surface area contributed by atoms with E-state index in [0.29, 0.717) is 12.1 Å². The Morgan fingerprint density at radius 3 is 2.89 bits per heavy atom. The molecule has 0 aliphatic carbocycles. The Bertz CT molecular complexity index is 429. The largest absolute Gasteiger partial charge is 0.307 e. The van der Waals surface area contributed by atoms with E-state index in [0.717, 1.165) is 6.04 Å². The minimum Gasteiger partial charge on any atom is -0.307 e. The van der Waals surface area contributed by atoms with Gasteiger partial charge in [-0.15, -0.1) is 0 Å². The van der Waals surface area contributed by atoms with Crippen molar-refractivity contribution in [3.05, 3.63) is 35.4 Å². The zero-order valence-electron chi connectivity index (χ0n) is 12.2. The lowest BCUT2D eigenvalue weighted by Crippen LogP contribution is -2.46. The topological polar surface area (TPSA) is 15.3 Å². The van der Waals surface area contributed by atoms with E-state index in [2.05, 4.69) is 48.3 Å². The second-order valence-corrected chi connectivity index (χ2v) is 6.30. The molecule has 2 aliphatic heterocycles. The summed E-state index contributed by atoms with van der Waals surface area (Å²) in [6, 6.07) is 10.8. The molecule has 1 aromatic carbocycles. The van der Waals surface area contributed by atoms with Gasteiger partial charge in [-0.05, 0) is 63.7 Å². The van der Waals surface area contributed by atoms with Crippen LogP contribution >= 0.6 is 0 Å². The zero-order valence-corrected chi connectivity index (χ0v) is 12.2. The number of rotatable bonds is 3. The average Bonchev–Trinajstić information content (AvgIpc) is 2.86. The van der Waals surface area contributed by atoms with Crippen LogP contribution in [0.4, 0.5) is 0 Å². The second kappa shape index (κ2) is 5.64. The Hall–Kier alpha value is -0.860. The Balaban J connectivity index is 1.61. The molecule has 0 radical (unpaired) electrons. The minimum absolute atomic E-state index is 0.471. The molecule has 2 saturated heterocycles. The molecule has 1 aromatic rings. The predicted molar refractivity (Wildman–Crippen MR) is 80.3 cm³/mol. The summed E-state index contributed by atoms with van der Waals surface area (Å²) in [6.45, 7) is 7.16. The van der Waals surface area contributed by atoms with E-state index in [4.69, 9.17) is 0 Å². The molecular weight excluding hydrogens is 232 g/mol. The molecule has 2 nitrogen and oxygen atoms in total. The highest BCUT2D eigenvalue weighted by atomic mass is 15.2. The molecule has 3 unspecified atom stereocenters. The van der Waals surface area contributed by atoms with Crippen LogP contribution in [0.2, 0.25) is 0 Å². The molecular formula is C17H26N2. The van der Waals surface area contributed by atoms with Crippen LogP contribution in [0.15, 0.2) is 24.3 Å². The molecule has 0 spiro atoms. The summed E-state index contributed by atoms with van der Waals surface area (Å²) >= 11 is 0. The van der Waals surface area contributed by atoms with E-state index in [9.17, 15) is 0 Å². The van der Waals surface area contributed by atoms with E-state index in [1.807, 2.05) is 0 Å². The smallest absolute Gasteiger partial charge is 0.0296 e. The number of hydrogen-bond donors (Lipinski definition) is 1. The van der Waals surface area contributed by atoms with Gasteiger partial charge in [0.1, 0.15) is 0 Å². The fourth-order valence-electron chi connectivity index (χ4n) is 3.89. The fraction of sp³-hybridized carbons (Fsp3) is 0.647. The van der Waals surface area contributed by atoms with Gasteiger partial charge in [0.05, 0.1) is 0 Å². The van der Waals surface area contributed by atoms with E-state index in [-0.39, 0.29) is 0 Å². The monoisotopic (exact) mass is 258 g/mol. The van der Waals surface area contributed by atoms with Crippen molar-refractivity contribution in [2.45, 2.75) is 57.7 Å². The second-order valence-electron chi connectivity index (χ2n) is 6.30. The number of fused-ring (bicyclic) bond motifs is 1. The summed E-state index contributed by atoms with van der Waals surface area (Å²) in [5, 5.41) is 3.86. The predicted octanol–water partition coefficient (Wildman–Crippen LogP) is 3.27. The minimum atomic E-state index is 0.471. The molecule has 2 fully saturated rings. The van der Waals surface area contributed by atoms with Gasteiger partial charge >= 0.3 is 0 Å². The summed E-state index contributed by atoms with van der Waals surface area (Å²) in [4.78, 5) is 2.69. The Kier molecular flexibility index (Phi) is 3.90. The Morgan fingerprint density at radius 1 is 1.21 bits per heavy atom. The van der Waals surface area contributed by atoms with Gasteiger partial charge in [-0.3, -0.25) is 0 Å². The van der Waals surface area contributed by atoms with Crippen molar-refractivity contribution in [3.8, 4) is 0 Å². The van der Waals surface area contributed by atoms with E-state index in [1.54, 1.807) is 0 Å². The fourth-order valence-corrected chi connectivity index (χ4v) is 3.89. The number of nitrogens with zero attached hydrogens (tertiary/aromatic N) is 1. The first-order chi connectivity index (χ1) is 9.24. The van der Waals surface area contributed by atoms with Gasteiger partial charge < -0.3 is 10.2 Å². The van der Waals surface area contributed by atoms with E-state index < -0.39 is 0 Å². The van der Waals surface area contributed by atoms with E-state index >= 15 is 0 Å². The number of aryl methyl sites for hydroxylation is 1. The van der Waals surface area contributed by atoms with Crippen molar-refractivity contribution < 1.29 is 0 Å². The van der Waals surface area contributed by atoms with Crippen molar-refractivity contribution in [1.82, 2.24) is 10.2 Å². The molecule has 0 bridgehead atoms. The third kappa shape index (κ3) is 2.85. The summed E-state index contributed by atoms with van der Waals surface area (Å²) in [6.07, 6.45) is 5.48. The van der Waals surface area contributed by atoms with Crippen LogP contribution in [0, 0.1) is 6.92 Å². The highest BCUT2D eigenvalue weighted by molar-refractivity contribution is 5.28. The van der Waals surface area contributed by atoms with Gasteiger partial charge in [-0.2, -0.15) is 0 Å². The van der Waals surface area contributed by atoms with Crippen molar-refractivity contribution in [1.29, 1.82) is 0 Å².